The minimum atomic E-state index is -0.232. The van der Waals surface area contributed by atoms with Gasteiger partial charge in [-0.25, -0.2) is 4.39 Å². The van der Waals surface area contributed by atoms with Crippen LogP contribution in [0.3, 0.4) is 0 Å². The topological polar surface area (TPSA) is 53.1 Å². The highest BCUT2D eigenvalue weighted by atomic mass is 79.9. The molecule has 0 spiro atoms. The molecule has 0 saturated heterocycles. The molecule has 0 atom stereocenters. The Bertz CT molecular complexity index is 643. The number of halogens is 2. The van der Waals surface area contributed by atoms with Gasteiger partial charge < -0.3 is 10.6 Å². The molecular weight excluding hydrogens is 321 g/mol. The Morgan fingerprint density at radius 2 is 2.05 bits per heavy atom. The van der Waals surface area contributed by atoms with Gasteiger partial charge in [-0.05, 0) is 51.8 Å². The van der Waals surface area contributed by atoms with E-state index in [1.54, 1.807) is 12.1 Å². The lowest BCUT2D eigenvalue weighted by Gasteiger charge is -2.20. The number of anilines is 1. The number of nitrogen functional groups attached to an aromatic ring is 1. The second-order valence-corrected chi connectivity index (χ2v) is 5.42. The lowest BCUT2D eigenvalue weighted by molar-refractivity contribution is 0.625. The van der Waals surface area contributed by atoms with Gasteiger partial charge in [0.15, 0.2) is 0 Å². The van der Waals surface area contributed by atoms with E-state index in [2.05, 4.69) is 15.9 Å². The molecule has 0 amide bonds. The highest BCUT2D eigenvalue weighted by molar-refractivity contribution is 9.10. The quantitative estimate of drug-likeness (QED) is 0.663. The van der Waals surface area contributed by atoms with Crippen molar-refractivity contribution in [3.05, 3.63) is 63.9 Å². The van der Waals surface area contributed by atoms with E-state index in [0.29, 0.717) is 12.1 Å². The first-order valence-electron chi connectivity index (χ1n) is 6.07. The zero-order valence-electron chi connectivity index (χ0n) is 11.0. The molecule has 0 aromatic heterocycles. The van der Waals surface area contributed by atoms with Crippen LogP contribution in [0.15, 0.2) is 46.9 Å². The van der Waals surface area contributed by atoms with Crippen molar-refractivity contribution in [2.45, 2.75) is 6.54 Å². The van der Waals surface area contributed by atoms with Gasteiger partial charge in [-0.2, -0.15) is 0 Å². The monoisotopic (exact) mass is 335 g/mol. The van der Waals surface area contributed by atoms with Gasteiger partial charge in [0, 0.05) is 29.3 Å². The van der Waals surface area contributed by atoms with Crippen LogP contribution in [-0.4, -0.2) is 12.9 Å². The summed E-state index contributed by atoms with van der Waals surface area (Å²) in [6, 6.07) is 12.1. The van der Waals surface area contributed by atoms with Crippen LogP contribution in [0.4, 0.5) is 10.1 Å². The fraction of sp³-hybridized carbons (Fsp3) is 0.133. The summed E-state index contributed by atoms with van der Waals surface area (Å²) < 4.78 is 13.9. The second kappa shape index (κ2) is 6.05. The third kappa shape index (κ3) is 3.36. The summed E-state index contributed by atoms with van der Waals surface area (Å²) in [5, 5.41) is 7.45. The summed E-state index contributed by atoms with van der Waals surface area (Å²) in [6.07, 6.45) is 0. The van der Waals surface area contributed by atoms with Crippen LogP contribution in [0.1, 0.15) is 11.1 Å². The Balaban J connectivity index is 2.19. The summed E-state index contributed by atoms with van der Waals surface area (Å²) in [6.45, 7) is 0.601. The molecule has 2 aromatic rings. The molecule has 0 fully saturated rings. The number of hydrogen-bond acceptors (Lipinski definition) is 2. The van der Waals surface area contributed by atoms with Crippen molar-refractivity contribution in [3.8, 4) is 0 Å². The zero-order chi connectivity index (χ0) is 14.7. The number of nitrogens with two attached hydrogens (primary N) is 1. The molecule has 0 saturated carbocycles. The normalized spacial score (nSPS) is 10.3. The van der Waals surface area contributed by atoms with Crippen molar-refractivity contribution in [2.24, 2.45) is 5.73 Å². The molecule has 2 rings (SSSR count). The van der Waals surface area contributed by atoms with Crippen molar-refractivity contribution in [1.29, 1.82) is 5.41 Å². The average Bonchev–Trinajstić information content (AvgIpc) is 2.38. The van der Waals surface area contributed by atoms with E-state index in [1.807, 2.05) is 30.1 Å². The number of nitrogens with one attached hydrogen (secondary N) is 1. The van der Waals surface area contributed by atoms with Gasteiger partial charge in [0.1, 0.15) is 11.7 Å². The predicted molar refractivity (Wildman–Crippen MR) is 83.7 cm³/mol. The standard InChI is InChI=1S/C15H15BrFN3/c1-20(9-10-3-2-4-11(17)7-10)12-5-6-13(15(18)19)14(16)8-12/h2-8H,9H2,1H3,(H3,18,19). The smallest absolute Gasteiger partial charge is 0.123 e. The van der Waals surface area contributed by atoms with Crippen molar-refractivity contribution in [2.75, 3.05) is 11.9 Å². The minimum absolute atomic E-state index is 0.0243. The van der Waals surface area contributed by atoms with E-state index in [-0.39, 0.29) is 11.7 Å². The number of hydrogen-bond donors (Lipinski definition) is 2. The summed E-state index contributed by atoms with van der Waals surface area (Å²) in [4.78, 5) is 2.00. The Morgan fingerprint density at radius 3 is 2.65 bits per heavy atom. The molecule has 2 aromatic carbocycles. The number of amidine groups is 1. The number of benzene rings is 2. The minimum Gasteiger partial charge on any atom is -0.384 e. The Kier molecular flexibility index (Phi) is 4.39. The molecule has 20 heavy (non-hydrogen) atoms. The molecular formula is C15H15BrFN3. The molecule has 0 unspecified atom stereocenters. The Labute approximate surface area is 125 Å². The molecule has 0 radical (unpaired) electrons. The maximum absolute atomic E-state index is 13.2. The molecule has 0 aliphatic heterocycles. The van der Waals surface area contributed by atoms with Crippen molar-refractivity contribution in [3.63, 3.8) is 0 Å². The third-order valence-electron chi connectivity index (χ3n) is 2.99. The fourth-order valence-electron chi connectivity index (χ4n) is 1.96. The van der Waals surface area contributed by atoms with Gasteiger partial charge in [0.25, 0.3) is 0 Å². The lowest BCUT2D eigenvalue weighted by Crippen LogP contribution is -2.17. The third-order valence-corrected chi connectivity index (χ3v) is 3.65. The first-order valence-corrected chi connectivity index (χ1v) is 6.86. The van der Waals surface area contributed by atoms with Crippen LogP contribution in [0, 0.1) is 11.2 Å². The summed E-state index contributed by atoms with van der Waals surface area (Å²) in [7, 11) is 1.93. The van der Waals surface area contributed by atoms with E-state index >= 15 is 0 Å². The largest absolute Gasteiger partial charge is 0.384 e. The van der Waals surface area contributed by atoms with Gasteiger partial charge in [-0.3, -0.25) is 5.41 Å². The molecule has 0 aliphatic carbocycles. The predicted octanol–water partition coefficient (Wildman–Crippen LogP) is 3.51. The maximum atomic E-state index is 13.2. The van der Waals surface area contributed by atoms with Crippen molar-refractivity contribution < 1.29 is 4.39 Å². The molecule has 3 N–H and O–H groups in total. The number of nitrogens with zero attached hydrogens (tertiary/aromatic N) is 1. The summed E-state index contributed by atoms with van der Waals surface area (Å²) in [5.41, 5.74) is 8.01. The SMILES string of the molecule is CN(Cc1cccc(F)c1)c1ccc(C(=N)N)c(Br)c1. The number of rotatable bonds is 4. The van der Waals surface area contributed by atoms with Gasteiger partial charge in [-0.15, -0.1) is 0 Å². The van der Waals surface area contributed by atoms with Crippen molar-refractivity contribution in [1.82, 2.24) is 0 Å². The highest BCUT2D eigenvalue weighted by Crippen LogP contribution is 2.24. The van der Waals surface area contributed by atoms with Gasteiger partial charge >= 0.3 is 0 Å². The first kappa shape index (κ1) is 14.5. The van der Waals surface area contributed by atoms with Crippen molar-refractivity contribution >= 4 is 27.5 Å². The summed E-state index contributed by atoms with van der Waals surface area (Å²) in [5.74, 6) is -0.208. The molecule has 0 bridgehead atoms. The van der Waals surface area contributed by atoms with Crippen LogP contribution in [0.5, 0.6) is 0 Å². The van der Waals surface area contributed by atoms with Crippen LogP contribution in [-0.2, 0) is 6.54 Å². The molecule has 0 aliphatic rings. The summed E-state index contributed by atoms with van der Waals surface area (Å²) >= 11 is 3.41. The fourth-order valence-corrected chi connectivity index (χ4v) is 2.54. The van der Waals surface area contributed by atoms with E-state index in [9.17, 15) is 4.39 Å². The molecule has 5 heteroatoms. The second-order valence-electron chi connectivity index (χ2n) is 4.56. The average molecular weight is 336 g/mol. The van der Waals surface area contributed by atoms with Crippen LogP contribution in [0.25, 0.3) is 0 Å². The highest BCUT2D eigenvalue weighted by Gasteiger charge is 2.08. The van der Waals surface area contributed by atoms with Crippen LogP contribution >= 0.6 is 15.9 Å². The van der Waals surface area contributed by atoms with E-state index < -0.39 is 0 Å². The molecule has 3 nitrogen and oxygen atoms in total. The van der Waals surface area contributed by atoms with E-state index in [1.165, 1.54) is 12.1 Å². The molecule has 0 heterocycles. The van der Waals surface area contributed by atoms with Gasteiger partial charge in [-0.1, -0.05) is 12.1 Å². The Morgan fingerprint density at radius 1 is 1.30 bits per heavy atom. The van der Waals surface area contributed by atoms with Crippen LogP contribution in [0.2, 0.25) is 0 Å². The van der Waals surface area contributed by atoms with Crippen LogP contribution < -0.4 is 10.6 Å². The van der Waals surface area contributed by atoms with Gasteiger partial charge in [0.2, 0.25) is 0 Å². The molecule has 104 valence electrons. The van der Waals surface area contributed by atoms with E-state index in [4.69, 9.17) is 11.1 Å². The zero-order valence-corrected chi connectivity index (χ0v) is 12.6. The van der Waals surface area contributed by atoms with Gasteiger partial charge in [0.05, 0.1) is 0 Å². The lowest BCUT2D eigenvalue weighted by atomic mass is 10.1. The Hall–Kier alpha value is -1.88. The van der Waals surface area contributed by atoms with E-state index in [0.717, 1.165) is 15.7 Å². The maximum Gasteiger partial charge on any atom is 0.123 e. The first-order chi connectivity index (χ1) is 9.47.